The Balaban J connectivity index is 2.32. The Morgan fingerprint density at radius 3 is 2.64 bits per heavy atom. The van der Waals surface area contributed by atoms with E-state index < -0.39 is 0 Å². The van der Waals surface area contributed by atoms with Crippen LogP contribution in [0.4, 0.5) is 0 Å². The van der Waals surface area contributed by atoms with Gasteiger partial charge in [-0.2, -0.15) is 0 Å². The van der Waals surface area contributed by atoms with Crippen molar-refractivity contribution in [1.82, 2.24) is 9.80 Å². The first kappa shape index (κ1) is 12.5. The van der Waals surface area contributed by atoms with Gasteiger partial charge in [0.1, 0.15) is 0 Å². The van der Waals surface area contributed by atoms with Crippen molar-refractivity contribution < 1.29 is 0 Å². The summed E-state index contributed by atoms with van der Waals surface area (Å²) in [5, 5.41) is 1.11. The van der Waals surface area contributed by atoms with Gasteiger partial charge in [-0.05, 0) is 32.9 Å². The Labute approximate surface area is 96.8 Å². The largest absolute Gasteiger partial charge is 0.301 e. The summed E-state index contributed by atoms with van der Waals surface area (Å²) in [7, 11) is 0. The third kappa shape index (κ3) is 3.87. The van der Waals surface area contributed by atoms with Crippen LogP contribution in [-0.2, 0) is 0 Å². The van der Waals surface area contributed by atoms with Crippen LogP contribution >= 0.6 is 15.9 Å². The number of halogens is 1. The maximum absolute atomic E-state index is 3.51. The van der Waals surface area contributed by atoms with Gasteiger partial charge in [-0.25, -0.2) is 0 Å². The monoisotopic (exact) mass is 262 g/mol. The maximum atomic E-state index is 3.51. The summed E-state index contributed by atoms with van der Waals surface area (Å²) in [6, 6.07) is 0.763. The van der Waals surface area contributed by atoms with Gasteiger partial charge in [-0.3, -0.25) is 4.90 Å². The standard InChI is InChI=1S/C11H23BrN2/c1-3-11(2)14-7-4-6-13(8-5-12)9-10-14/h11H,3-10H2,1-2H3. The minimum atomic E-state index is 0.763. The second kappa shape index (κ2) is 6.81. The molecule has 1 unspecified atom stereocenters. The lowest BCUT2D eigenvalue weighted by molar-refractivity contribution is 0.207. The molecule has 1 fully saturated rings. The topological polar surface area (TPSA) is 6.48 Å². The number of rotatable bonds is 4. The molecule has 0 N–H and O–H groups in total. The highest BCUT2D eigenvalue weighted by Crippen LogP contribution is 2.09. The molecule has 0 aromatic heterocycles. The van der Waals surface area contributed by atoms with Crippen molar-refractivity contribution in [2.75, 3.05) is 38.1 Å². The summed E-state index contributed by atoms with van der Waals surface area (Å²) in [6.07, 6.45) is 2.61. The molecule has 3 heteroatoms. The summed E-state index contributed by atoms with van der Waals surface area (Å²) < 4.78 is 0. The van der Waals surface area contributed by atoms with Gasteiger partial charge in [0.2, 0.25) is 0 Å². The Morgan fingerprint density at radius 1 is 1.21 bits per heavy atom. The fourth-order valence-corrected chi connectivity index (χ4v) is 2.53. The maximum Gasteiger partial charge on any atom is 0.0159 e. The zero-order chi connectivity index (χ0) is 10.4. The van der Waals surface area contributed by atoms with Crippen molar-refractivity contribution in [3.63, 3.8) is 0 Å². The zero-order valence-corrected chi connectivity index (χ0v) is 11.1. The molecule has 0 aromatic carbocycles. The second-order valence-electron chi connectivity index (χ2n) is 4.18. The molecule has 1 rings (SSSR count). The number of nitrogens with zero attached hydrogens (tertiary/aromatic N) is 2. The van der Waals surface area contributed by atoms with E-state index in [0.29, 0.717) is 0 Å². The zero-order valence-electron chi connectivity index (χ0n) is 9.51. The van der Waals surface area contributed by atoms with Crippen LogP contribution in [0, 0.1) is 0 Å². The molecule has 0 spiro atoms. The van der Waals surface area contributed by atoms with Crippen LogP contribution in [0.1, 0.15) is 26.7 Å². The van der Waals surface area contributed by atoms with Gasteiger partial charge in [-0.15, -0.1) is 0 Å². The molecule has 0 amide bonds. The van der Waals surface area contributed by atoms with E-state index in [2.05, 4.69) is 39.6 Å². The molecule has 1 saturated heterocycles. The highest BCUT2D eigenvalue weighted by atomic mass is 79.9. The van der Waals surface area contributed by atoms with Crippen LogP contribution in [0.25, 0.3) is 0 Å². The normalized spacial score (nSPS) is 23.4. The van der Waals surface area contributed by atoms with Crippen molar-refractivity contribution >= 4 is 15.9 Å². The molecule has 0 aromatic rings. The lowest BCUT2D eigenvalue weighted by Gasteiger charge is -2.26. The third-order valence-electron chi connectivity index (χ3n) is 3.24. The summed E-state index contributed by atoms with van der Waals surface area (Å²) in [6.45, 7) is 10.9. The molecule has 0 radical (unpaired) electrons. The minimum absolute atomic E-state index is 0.763. The summed E-state index contributed by atoms with van der Waals surface area (Å²) in [4.78, 5) is 5.20. The van der Waals surface area contributed by atoms with E-state index in [1.807, 2.05) is 0 Å². The summed E-state index contributed by atoms with van der Waals surface area (Å²) in [5.74, 6) is 0. The van der Waals surface area contributed by atoms with Gasteiger partial charge in [0.05, 0.1) is 0 Å². The number of hydrogen-bond donors (Lipinski definition) is 0. The Bertz CT molecular complexity index is 152. The molecule has 0 aliphatic carbocycles. The Morgan fingerprint density at radius 2 is 2.00 bits per heavy atom. The summed E-state index contributed by atoms with van der Waals surface area (Å²) in [5.41, 5.74) is 0. The van der Waals surface area contributed by atoms with Gasteiger partial charge in [0.15, 0.2) is 0 Å². The molecule has 1 heterocycles. The van der Waals surface area contributed by atoms with Crippen LogP contribution in [0.3, 0.4) is 0 Å². The average molecular weight is 263 g/mol. The predicted molar refractivity (Wildman–Crippen MR) is 66.2 cm³/mol. The van der Waals surface area contributed by atoms with E-state index in [0.717, 1.165) is 11.4 Å². The van der Waals surface area contributed by atoms with E-state index in [4.69, 9.17) is 0 Å². The molecule has 1 aliphatic rings. The first-order chi connectivity index (χ1) is 6.77. The molecule has 0 saturated carbocycles. The van der Waals surface area contributed by atoms with Gasteiger partial charge in [0.25, 0.3) is 0 Å². The number of alkyl halides is 1. The van der Waals surface area contributed by atoms with Gasteiger partial charge in [-0.1, -0.05) is 22.9 Å². The van der Waals surface area contributed by atoms with E-state index in [9.17, 15) is 0 Å². The third-order valence-corrected chi connectivity index (χ3v) is 3.59. The molecule has 14 heavy (non-hydrogen) atoms. The SMILES string of the molecule is CCC(C)N1CCCN(CCBr)CC1. The van der Waals surface area contributed by atoms with Crippen LogP contribution < -0.4 is 0 Å². The van der Waals surface area contributed by atoms with E-state index >= 15 is 0 Å². The van der Waals surface area contributed by atoms with Crippen LogP contribution in [0.5, 0.6) is 0 Å². The predicted octanol–water partition coefficient (Wildman–Crippen LogP) is 2.19. The minimum Gasteiger partial charge on any atom is -0.301 e. The second-order valence-corrected chi connectivity index (χ2v) is 4.97. The van der Waals surface area contributed by atoms with E-state index in [-0.39, 0.29) is 0 Å². The van der Waals surface area contributed by atoms with Crippen molar-refractivity contribution in [2.45, 2.75) is 32.7 Å². The molecule has 1 aliphatic heterocycles. The Kier molecular flexibility index (Phi) is 6.06. The van der Waals surface area contributed by atoms with Crippen LogP contribution in [0.15, 0.2) is 0 Å². The fraction of sp³-hybridized carbons (Fsp3) is 1.00. The first-order valence-corrected chi connectivity index (χ1v) is 6.92. The van der Waals surface area contributed by atoms with Crippen LogP contribution in [-0.4, -0.2) is 53.9 Å². The quantitative estimate of drug-likeness (QED) is 0.717. The molecule has 1 atom stereocenters. The smallest absolute Gasteiger partial charge is 0.0159 e. The fourth-order valence-electron chi connectivity index (χ4n) is 2.03. The highest BCUT2D eigenvalue weighted by Gasteiger charge is 2.17. The molecule has 2 nitrogen and oxygen atoms in total. The van der Waals surface area contributed by atoms with Crippen molar-refractivity contribution in [3.05, 3.63) is 0 Å². The lowest BCUT2D eigenvalue weighted by atomic mass is 10.2. The molecular weight excluding hydrogens is 240 g/mol. The van der Waals surface area contributed by atoms with Crippen molar-refractivity contribution in [1.29, 1.82) is 0 Å². The molecule has 0 bridgehead atoms. The number of hydrogen-bond acceptors (Lipinski definition) is 2. The molecule has 84 valence electrons. The van der Waals surface area contributed by atoms with Crippen molar-refractivity contribution in [3.8, 4) is 0 Å². The van der Waals surface area contributed by atoms with Crippen molar-refractivity contribution in [2.24, 2.45) is 0 Å². The van der Waals surface area contributed by atoms with E-state index in [1.165, 1.54) is 45.6 Å². The average Bonchev–Trinajstić information content (AvgIpc) is 2.43. The van der Waals surface area contributed by atoms with Gasteiger partial charge in [0, 0.05) is 31.0 Å². The van der Waals surface area contributed by atoms with Crippen LogP contribution in [0.2, 0.25) is 0 Å². The lowest BCUT2D eigenvalue weighted by Crippen LogP contribution is -2.36. The first-order valence-electron chi connectivity index (χ1n) is 5.80. The van der Waals surface area contributed by atoms with E-state index in [1.54, 1.807) is 0 Å². The Hall–Kier alpha value is 0.400. The van der Waals surface area contributed by atoms with Gasteiger partial charge >= 0.3 is 0 Å². The highest BCUT2D eigenvalue weighted by molar-refractivity contribution is 9.09. The summed E-state index contributed by atoms with van der Waals surface area (Å²) >= 11 is 3.51. The molecular formula is C11H23BrN2. The van der Waals surface area contributed by atoms with Gasteiger partial charge < -0.3 is 4.90 Å².